The minimum atomic E-state index is -0.273. The summed E-state index contributed by atoms with van der Waals surface area (Å²) in [6.45, 7) is 1.69. The minimum absolute atomic E-state index is 0.0156. The molecule has 0 saturated carbocycles. The van der Waals surface area contributed by atoms with Crippen LogP contribution in [0.5, 0.6) is 6.01 Å². The second kappa shape index (κ2) is 3.29. The van der Waals surface area contributed by atoms with Crippen molar-refractivity contribution in [3.05, 3.63) is 22.1 Å². The lowest BCUT2D eigenvalue weighted by atomic mass is 10.2. The number of nitrogens with zero attached hydrogens (tertiary/aromatic N) is 2. The molecular weight excluding hydrogens is 212 g/mol. The van der Waals surface area contributed by atoms with Crippen LogP contribution in [-0.2, 0) is 4.74 Å². The van der Waals surface area contributed by atoms with E-state index in [9.17, 15) is 4.79 Å². The lowest BCUT2D eigenvalue weighted by Crippen LogP contribution is -2.18. The molecule has 0 spiro atoms. The molecule has 2 aliphatic rings. The molecule has 2 aliphatic heterocycles. The average Bonchev–Trinajstić information content (AvgIpc) is 2.77. The molecule has 3 atom stereocenters. The van der Waals surface area contributed by atoms with E-state index in [0.717, 1.165) is 0 Å². The van der Waals surface area contributed by atoms with Gasteiger partial charge in [0.2, 0.25) is 0 Å². The summed E-state index contributed by atoms with van der Waals surface area (Å²) in [5, 5.41) is 9.01. The van der Waals surface area contributed by atoms with Crippen LogP contribution in [0, 0.1) is 6.92 Å². The predicted molar refractivity (Wildman–Crippen MR) is 53.3 cm³/mol. The van der Waals surface area contributed by atoms with Gasteiger partial charge in [-0.3, -0.25) is 9.36 Å². The summed E-state index contributed by atoms with van der Waals surface area (Å²) in [5.74, 6) is 0. The maximum Gasteiger partial charge on any atom is 0.302 e. The molecule has 1 aromatic heterocycles. The SMILES string of the molecule is Cc1cn2c(nc1=O)OC1CC(CO)OC12. The number of rotatable bonds is 1. The van der Waals surface area contributed by atoms with Gasteiger partial charge in [0, 0.05) is 18.2 Å². The van der Waals surface area contributed by atoms with Gasteiger partial charge in [-0.2, -0.15) is 4.98 Å². The molecule has 6 heteroatoms. The zero-order chi connectivity index (χ0) is 11.3. The van der Waals surface area contributed by atoms with Gasteiger partial charge < -0.3 is 14.6 Å². The van der Waals surface area contributed by atoms with Gasteiger partial charge in [0.25, 0.3) is 5.56 Å². The van der Waals surface area contributed by atoms with Gasteiger partial charge in [-0.25, -0.2) is 0 Å². The molecule has 3 unspecified atom stereocenters. The third kappa shape index (κ3) is 1.27. The Labute approximate surface area is 91.4 Å². The van der Waals surface area contributed by atoms with Gasteiger partial charge in [0.1, 0.15) is 6.10 Å². The van der Waals surface area contributed by atoms with Crippen molar-refractivity contribution in [3.8, 4) is 6.01 Å². The molecule has 0 amide bonds. The van der Waals surface area contributed by atoms with Crippen LogP contribution in [0.4, 0.5) is 0 Å². The second-order valence-electron chi connectivity index (χ2n) is 4.14. The first-order chi connectivity index (χ1) is 7.69. The van der Waals surface area contributed by atoms with Gasteiger partial charge in [-0.05, 0) is 6.92 Å². The molecular formula is C10H12N2O4. The Hall–Kier alpha value is -1.40. The lowest BCUT2D eigenvalue weighted by molar-refractivity contribution is -0.0257. The summed E-state index contributed by atoms with van der Waals surface area (Å²) >= 11 is 0. The second-order valence-corrected chi connectivity index (χ2v) is 4.14. The Morgan fingerprint density at radius 3 is 3.25 bits per heavy atom. The molecule has 6 nitrogen and oxygen atoms in total. The molecule has 0 aromatic carbocycles. The zero-order valence-electron chi connectivity index (χ0n) is 8.79. The van der Waals surface area contributed by atoms with Crippen LogP contribution in [-0.4, -0.2) is 33.5 Å². The van der Waals surface area contributed by atoms with E-state index in [1.807, 2.05) is 0 Å². The van der Waals surface area contributed by atoms with Crippen molar-refractivity contribution in [2.75, 3.05) is 6.61 Å². The monoisotopic (exact) mass is 224 g/mol. The van der Waals surface area contributed by atoms with Crippen LogP contribution in [0.25, 0.3) is 0 Å². The van der Waals surface area contributed by atoms with Crippen LogP contribution >= 0.6 is 0 Å². The first kappa shape index (κ1) is 9.80. The fourth-order valence-corrected chi connectivity index (χ4v) is 2.14. The molecule has 0 bridgehead atoms. The summed E-state index contributed by atoms with van der Waals surface area (Å²) in [5.41, 5.74) is 0.286. The van der Waals surface area contributed by atoms with Crippen molar-refractivity contribution in [2.24, 2.45) is 0 Å². The van der Waals surface area contributed by atoms with Gasteiger partial charge in [-0.1, -0.05) is 0 Å². The first-order valence-corrected chi connectivity index (χ1v) is 5.22. The number of aliphatic hydroxyl groups is 1. The Kier molecular flexibility index (Phi) is 2.02. The van der Waals surface area contributed by atoms with E-state index < -0.39 is 0 Å². The Morgan fingerprint density at radius 1 is 1.69 bits per heavy atom. The smallest absolute Gasteiger partial charge is 0.302 e. The Bertz CT molecular complexity index is 484. The number of hydrogen-bond acceptors (Lipinski definition) is 5. The van der Waals surface area contributed by atoms with Crippen LogP contribution in [0.1, 0.15) is 18.2 Å². The summed E-state index contributed by atoms with van der Waals surface area (Å²) in [6.07, 6.45) is 1.71. The highest BCUT2D eigenvalue weighted by Gasteiger charge is 2.44. The number of aromatic nitrogens is 2. The Morgan fingerprint density at radius 2 is 2.50 bits per heavy atom. The molecule has 3 heterocycles. The highest BCUT2D eigenvalue weighted by Crippen LogP contribution is 2.38. The quantitative estimate of drug-likeness (QED) is 0.702. The number of fused-ring (bicyclic) bond motifs is 3. The van der Waals surface area contributed by atoms with E-state index in [4.69, 9.17) is 14.6 Å². The van der Waals surface area contributed by atoms with E-state index in [2.05, 4.69) is 4.98 Å². The molecule has 0 aliphatic carbocycles. The maximum atomic E-state index is 11.3. The van der Waals surface area contributed by atoms with Gasteiger partial charge in [0.05, 0.1) is 12.7 Å². The van der Waals surface area contributed by atoms with E-state index in [1.54, 1.807) is 17.7 Å². The van der Waals surface area contributed by atoms with Crippen molar-refractivity contribution < 1.29 is 14.6 Å². The summed E-state index contributed by atoms with van der Waals surface area (Å²) in [6, 6.07) is 0.307. The van der Waals surface area contributed by atoms with Gasteiger partial charge >= 0.3 is 6.01 Å². The molecule has 1 N–H and O–H groups in total. The zero-order valence-corrected chi connectivity index (χ0v) is 8.79. The first-order valence-electron chi connectivity index (χ1n) is 5.22. The van der Waals surface area contributed by atoms with E-state index in [1.165, 1.54) is 0 Å². The maximum absolute atomic E-state index is 11.3. The van der Waals surface area contributed by atoms with Crippen LogP contribution < -0.4 is 10.3 Å². The van der Waals surface area contributed by atoms with Crippen molar-refractivity contribution >= 4 is 0 Å². The van der Waals surface area contributed by atoms with E-state index in [-0.39, 0.29) is 30.6 Å². The molecule has 1 aromatic rings. The molecule has 1 saturated heterocycles. The van der Waals surface area contributed by atoms with Crippen LogP contribution in [0.15, 0.2) is 11.0 Å². The molecule has 1 fully saturated rings. The summed E-state index contributed by atoms with van der Waals surface area (Å²) < 4.78 is 12.8. The average molecular weight is 224 g/mol. The van der Waals surface area contributed by atoms with Crippen molar-refractivity contribution in [1.29, 1.82) is 0 Å². The largest absolute Gasteiger partial charge is 0.456 e. The molecule has 3 rings (SSSR count). The topological polar surface area (TPSA) is 73.6 Å². The fraction of sp³-hybridized carbons (Fsp3) is 0.600. The van der Waals surface area contributed by atoms with E-state index >= 15 is 0 Å². The third-order valence-electron chi connectivity index (χ3n) is 2.97. The van der Waals surface area contributed by atoms with Crippen LogP contribution in [0.3, 0.4) is 0 Å². The highest BCUT2D eigenvalue weighted by atomic mass is 16.6. The third-order valence-corrected chi connectivity index (χ3v) is 2.97. The number of hydrogen-bond donors (Lipinski definition) is 1. The van der Waals surface area contributed by atoms with Gasteiger partial charge in [0.15, 0.2) is 6.23 Å². The molecule has 0 radical (unpaired) electrons. The highest BCUT2D eigenvalue weighted by molar-refractivity contribution is 5.14. The standard InChI is InChI=1S/C10H12N2O4/c1-5-3-12-9-7(2-6(4-13)15-9)16-10(12)11-8(5)14/h3,6-7,9,13H,2,4H2,1H3. The summed E-state index contributed by atoms with van der Waals surface area (Å²) in [7, 11) is 0. The lowest BCUT2D eigenvalue weighted by Gasteiger charge is -2.12. The van der Waals surface area contributed by atoms with Crippen LogP contribution in [0.2, 0.25) is 0 Å². The van der Waals surface area contributed by atoms with E-state index in [0.29, 0.717) is 18.0 Å². The number of ether oxygens (including phenoxy) is 2. The fourth-order valence-electron chi connectivity index (χ4n) is 2.14. The molecule has 86 valence electrons. The van der Waals surface area contributed by atoms with Crippen molar-refractivity contribution in [3.63, 3.8) is 0 Å². The predicted octanol–water partition coefficient (Wildman–Crippen LogP) is -0.407. The molecule has 16 heavy (non-hydrogen) atoms. The summed E-state index contributed by atoms with van der Waals surface area (Å²) in [4.78, 5) is 15.2. The normalized spacial score (nSPS) is 31.0. The van der Waals surface area contributed by atoms with Crippen molar-refractivity contribution in [2.45, 2.75) is 31.8 Å². The number of aryl methyl sites for hydroxylation is 1. The number of aliphatic hydroxyl groups excluding tert-OH is 1. The Balaban J connectivity index is 2.00. The van der Waals surface area contributed by atoms with Gasteiger partial charge in [-0.15, -0.1) is 0 Å². The minimum Gasteiger partial charge on any atom is -0.456 e. The van der Waals surface area contributed by atoms with Crippen molar-refractivity contribution in [1.82, 2.24) is 9.55 Å².